The lowest BCUT2D eigenvalue weighted by Crippen LogP contribution is -2.46. The highest BCUT2D eigenvalue weighted by Gasteiger charge is 2.31. The standard InChI is InChI=1S/C15H17F3N4O2/c1-20-4-6-21(7-5-20)9-22-12-3-2-10(15(16,17)18)8-11(12)13(23)19-14(22)24/h2-3,8H,4-7,9H2,1H3,(H,19,23,24). The molecule has 0 atom stereocenters. The molecule has 24 heavy (non-hydrogen) atoms. The SMILES string of the molecule is CN1CCN(Cn2c(=O)[nH]c(=O)c3cc(C(F)(F)F)ccc32)CC1. The van der Waals surface area contributed by atoms with Crippen LogP contribution in [0.5, 0.6) is 0 Å². The van der Waals surface area contributed by atoms with Gasteiger partial charge in [0.1, 0.15) is 0 Å². The Morgan fingerprint density at radius 3 is 2.42 bits per heavy atom. The minimum absolute atomic E-state index is 0.140. The van der Waals surface area contributed by atoms with Gasteiger partial charge in [-0.3, -0.25) is 19.2 Å². The van der Waals surface area contributed by atoms with Crippen LogP contribution in [0.2, 0.25) is 0 Å². The van der Waals surface area contributed by atoms with Crippen molar-refractivity contribution in [2.45, 2.75) is 12.8 Å². The maximum absolute atomic E-state index is 12.8. The summed E-state index contributed by atoms with van der Waals surface area (Å²) in [5.41, 5.74) is -2.14. The molecule has 1 aromatic heterocycles. The number of halogens is 3. The van der Waals surface area contributed by atoms with E-state index in [0.29, 0.717) is 0 Å². The first kappa shape index (κ1) is 16.7. The van der Waals surface area contributed by atoms with E-state index in [-0.39, 0.29) is 17.6 Å². The Kier molecular flexibility index (Phi) is 4.22. The van der Waals surface area contributed by atoms with Gasteiger partial charge < -0.3 is 4.90 Å². The Labute approximate surface area is 135 Å². The van der Waals surface area contributed by atoms with Gasteiger partial charge in [0.25, 0.3) is 5.56 Å². The summed E-state index contributed by atoms with van der Waals surface area (Å²) in [4.78, 5) is 30.3. The summed E-state index contributed by atoms with van der Waals surface area (Å²) in [6, 6.07) is 2.86. The molecule has 0 unspecified atom stereocenters. The zero-order valence-corrected chi connectivity index (χ0v) is 13.1. The van der Waals surface area contributed by atoms with Crippen molar-refractivity contribution >= 4 is 10.9 Å². The van der Waals surface area contributed by atoms with Gasteiger partial charge in [-0.2, -0.15) is 13.2 Å². The van der Waals surface area contributed by atoms with Crippen LogP contribution in [0.4, 0.5) is 13.2 Å². The number of benzene rings is 1. The van der Waals surface area contributed by atoms with Crippen molar-refractivity contribution in [1.29, 1.82) is 0 Å². The molecule has 0 spiro atoms. The van der Waals surface area contributed by atoms with Gasteiger partial charge in [0.15, 0.2) is 0 Å². The number of nitrogens with zero attached hydrogens (tertiary/aromatic N) is 3. The molecule has 2 aromatic rings. The Bertz CT molecular complexity index is 864. The molecular formula is C15H17F3N4O2. The average Bonchev–Trinajstić information content (AvgIpc) is 2.52. The summed E-state index contributed by atoms with van der Waals surface area (Å²) in [6.45, 7) is 3.39. The van der Waals surface area contributed by atoms with Gasteiger partial charge in [-0.05, 0) is 25.2 Å². The Balaban J connectivity index is 2.04. The summed E-state index contributed by atoms with van der Waals surface area (Å²) < 4.78 is 39.8. The molecule has 1 saturated heterocycles. The van der Waals surface area contributed by atoms with Crippen molar-refractivity contribution < 1.29 is 13.2 Å². The number of H-pyrrole nitrogens is 1. The first-order chi connectivity index (χ1) is 11.3. The number of hydrogen-bond donors (Lipinski definition) is 1. The van der Waals surface area contributed by atoms with E-state index in [9.17, 15) is 22.8 Å². The predicted octanol–water partition coefficient (Wildman–Crippen LogP) is 0.913. The number of piperazine rings is 1. The molecule has 1 aliphatic rings. The average molecular weight is 342 g/mol. The summed E-state index contributed by atoms with van der Waals surface area (Å²) in [6.07, 6.45) is -4.54. The summed E-state index contributed by atoms with van der Waals surface area (Å²) >= 11 is 0. The monoisotopic (exact) mass is 342 g/mol. The van der Waals surface area contributed by atoms with Crippen LogP contribution in [0.25, 0.3) is 10.9 Å². The minimum atomic E-state index is -4.54. The van der Waals surface area contributed by atoms with Gasteiger partial charge in [0, 0.05) is 26.2 Å². The molecular weight excluding hydrogens is 325 g/mol. The van der Waals surface area contributed by atoms with E-state index < -0.39 is 23.0 Å². The van der Waals surface area contributed by atoms with Crippen LogP contribution in [0.15, 0.2) is 27.8 Å². The van der Waals surface area contributed by atoms with Crippen molar-refractivity contribution in [3.8, 4) is 0 Å². The molecule has 130 valence electrons. The zero-order chi connectivity index (χ0) is 17.5. The van der Waals surface area contributed by atoms with Gasteiger partial charge in [-0.15, -0.1) is 0 Å². The number of nitrogens with one attached hydrogen (secondary N) is 1. The quantitative estimate of drug-likeness (QED) is 0.881. The molecule has 1 fully saturated rings. The number of aromatic amines is 1. The Morgan fingerprint density at radius 1 is 1.12 bits per heavy atom. The Hall–Kier alpha value is -2.13. The predicted molar refractivity (Wildman–Crippen MR) is 82.9 cm³/mol. The highest BCUT2D eigenvalue weighted by atomic mass is 19.4. The van der Waals surface area contributed by atoms with Crippen LogP contribution in [0, 0.1) is 0 Å². The molecule has 1 N–H and O–H groups in total. The summed E-state index contributed by atoms with van der Waals surface area (Å²) in [7, 11) is 2.00. The van der Waals surface area contributed by atoms with Crippen LogP contribution < -0.4 is 11.2 Å². The van der Waals surface area contributed by atoms with Gasteiger partial charge >= 0.3 is 11.9 Å². The lowest BCUT2D eigenvalue weighted by Gasteiger charge is -2.32. The van der Waals surface area contributed by atoms with E-state index in [1.54, 1.807) is 0 Å². The highest BCUT2D eigenvalue weighted by molar-refractivity contribution is 5.78. The molecule has 1 aromatic carbocycles. The number of rotatable bonds is 2. The minimum Gasteiger partial charge on any atom is -0.304 e. The summed E-state index contributed by atoms with van der Waals surface area (Å²) in [5, 5.41) is -0.140. The third-order valence-electron chi connectivity index (χ3n) is 4.26. The van der Waals surface area contributed by atoms with E-state index in [1.807, 2.05) is 11.9 Å². The van der Waals surface area contributed by atoms with Crippen LogP contribution >= 0.6 is 0 Å². The Morgan fingerprint density at radius 2 is 1.79 bits per heavy atom. The van der Waals surface area contributed by atoms with Crippen molar-refractivity contribution in [1.82, 2.24) is 19.4 Å². The third kappa shape index (κ3) is 3.22. The molecule has 1 aliphatic heterocycles. The fraction of sp³-hybridized carbons (Fsp3) is 0.467. The molecule has 0 bridgehead atoms. The van der Waals surface area contributed by atoms with E-state index in [4.69, 9.17) is 0 Å². The summed E-state index contributed by atoms with van der Waals surface area (Å²) in [5.74, 6) is 0. The lowest BCUT2D eigenvalue weighted by atomic mass is 10.1. The molecule has 0 amide bonds. The molecule has 9 heteroatoms. The van der Waals surface area contributed by atoms with Crippen LogP contribution in [-0.2, 0) is 12.8 Å². The van der Waals surface area contributed by atoms with E-state index in [0.717, 1.165) is 38.3 Å². The van der Waals surface area contributed by atoms with Crippen LogP contribution in [0.3, 0.4) is 0 Å². The fourth-order valence-electron chi connectivity index (χ4n) is 2.80. The molecule has 0 aliphatic carbocycles. The molecule has 2 heterocycles. The molecule has 0 saturated carbocycles. The van der Waals surface area contributed by atoms with Crippen molar-refractivity contribution in [2.75, 3.05) is 33.2 Å². The first-order valence-electron chi connectivity index (χ1n) is 7.51. The second kappa shape index (κ2) is 6.06. The van der Waals surface area contributed by atoms with E-state index in [2.05, 4.69) is 9.88 Å². The second-order valence-electron chi connectivity index (χ2n) is 5.98. The number of likely N-dealkylation sites (N-methyl/N-ethyl adjacent to an activating group) is 1. The second-order valence-corrected chi connectivity index (χ2v) is 5.98. The first-order valence-corrected chi connectivity index (χ1v) is 7.51. The van der Waals surface area contributed by atoms with Gasteiger partial charge in [-0.25, -0.2) is 4.79 Å². The van der Waals surface area contributed by atoms with Crippen molar-refractivity contribution in [3.05, 3.63) is 44.6 Å². The third-order valence-corrected chi connectivity index (χ3v) is 4.26. The lowest BCUT2D eigenvalue weighted by molar-refractivity contribution is -0.137. The highest BCUT2D eigenvalue weighted by Crippen LogP contribution is 2.30. The topological polar surface area (TPSA) is 61.3 Å². The number of alkyl halides is 3. The maximum atomic E-state index is 12.8. The van der Waals surface area contributed by atoms with Gasteiger partial charge in [0.05, 0.1) is 23.1 Å². The van der Waals surface area contributed by atoms with Crippen molar-refractivity contribution in [2.24, 2.45) is 0 Å². The van der Waals surface area contributed by atoms with Crippen molar-refractivity contribution in [3.63, 3.8) is 0 Å². The largest absolute Gasteiger partial charge is 0.416 e. The van der Waals surface area contributed by atoms with E-state index >= 15 is 0 Å². The zero-order valence-electron chi connectivity index (χ0n) is 13.1. The fourth-order valence-corrected chi connectivity index (χ4v) is 2.80. The van der Waals surface area contributed by atoms with E-state index in [1.165, 1.54) is 10.6 Å². The normalized spacial score (nSPS) is 17.5. The molecule has 0 radical (unpaired) electrons. The van der Waals surface area contributed by atoms with Crippen LogP contribution in [0.1, 0.15) is 5.56 Å². The number of aromatic nitrogens is 2. The van der Waals surface area contributed by atoms with Crippen LogP contribution in [-0.4, -0.2) is 52.6 Å². The molecule has 3 rings (SSSR count). The number of hydrogen-bond acceptors (Lipinski definition) is 4. The van der Waals surface area contributed by atoms with Gasteiger partial charge in [-0.1, -0.05) is 0 Å². The van der Waals surface area contributed by atoms with Gasteiger partial charge in [0.2, 0.25) is 0 Å². The molecule has 6 nitrogen and oxygen atoms in total. The smallest absolute Gasteiger partial charge is 0.304 e. The maximum Gasteiger partial charge on any atom is 0.416 e. The number of fused-ring (bicyclic) bond motifs is 1.